The summed E-state index contributed by atoms with van der Waals surface area (Å²) in [6, 6.07) is 16.4. The average Bonchev–Trinajstić information content (AvgIpc) is 2.82. The summed E-state index contributed by atoms with van der Waals surface area (Å²) in [5.41, 5.74) is 8.90. The van der Waals surface area contributed by atoms with Gasteiger partial charge in [0.15, 0.2) is 0 Å². The summed E-state index contributed by atoms with van der Waals surface area (Å²) in [4.78, 5) is 2.19. The molecule has 0 fully saturated rings. The predicted molar refractivity (Wildman–Crippen MR) is 80.7 cm³/mol. The van der Waals surface area contributed by atoms with Crippen LogP contribution >= 0.6 is 11.3 Å². The molecule has 0 radical (unpaired) electrons. The molecule has 0 spiro atoms. The number of anilines is 3. The molecule has 2 nitrogen and oxygen atoms in total. The van der Waals surface area contributed by atoms with Crippen LogP contribution in [0.1, 0.15) is 0 Å². The number of nitrogens with zero attached hydrogens (tertiary/aromatic N) is 1. The molecule has 90 valence electrons. The van der Waals surface area contributed by atoms with Crippen LogP contribution in [0.2, 0.25) is 0 Å². The van der Waals surface area contributed by atoms with Gasteiger partial charge in [0.2, 0.25) is 0 Å². The summed E-state index contributed by atoms with van der Waals surface area (Å²) in [5, 5.41) is 3.49. The second kappa shape index (κ2) is 4.35. The zero-order valence-electron chi connectivity index (χ0n) is 10.1. The third-order valence-corrected chi connectivity index (χ3v) is 4.05. The van der Waals surface area contributed by atoms with Crippen molar-refractivity contribution < 1.29 is 0 Å². The molecule has 1 aromatic heterocycles. The van der Waals surface area contributed by atoms with Crippen LogP contribution in [0.3, 0.4) is 0 Å². The number of benzene rings is 2. The molecular weight excluding hydrogens is 240 g/mol. The fourth-order valence-electron chi connectivity index (χ4n) is 2.06. The van der Waals surface area contributed by atoms with E-state index in [2.05, 4.69) is 41.6 Å². The third-order valence-electron chi connectivity index (χ3n) is 3.10. The molecule has 0 bridgehead atoms. The van der Waals surface area contributed by atoms with Gasteiger partial charge in [-0.2, -0.15) is 0 Å². The largest absolute Gasteiger partial charge is 0.399 e. The van der Waals surface area contributed by atoms with Gasteiger partial charge in [-0.05, 0) is 30.3 Å². The van der Waals surface area contributed by atoms with E-state index in [0.29, 0.717) is 0 Å². The number of nitrogens with two attached hydrogens (primary N) is 1. The highest BCUT2D eigenvalue weighted by atomic mass is 32.1. The van der Waals surface area contributed by atoms with Gasteiger partial charge in [-0.15, -0.1) is 11.3 Å². The van der Waals surface area contributed by atoms with E-state index in [4.69, 9.17) is 5.73 Å². The molecule has 3 aromatic rings. The maximum atomic E-state index is 5.72. The normalized spacial score (nSPS) is 10.7. The Morgan fingerprint density at radius 3 is 2.50 bits per heavy atom. The number of thiophene rings is 1. The molecule has 3 rings (SSSR count). The Hall–Kier alpha value is -2.00. The Labute approximate surface area is 110 Å². The number of rotatable bonds is 2. The summed E-state index contributed by atoms with van der Waals surface area (Å²) in [6.45, 7) is 0. The fraction of sp³-hybridized carbons (Fsp3) is 0.0667. The van der Waals surface area contributed by atoms with Gasteiger partial charge in [0, 0.05) is 33.9 Å². The number of hydrogen-bond acceptors (Lipinski definition) is 3. The zero-order valence-corrected chi connectivity index (χ0v) is 10.9. The van der Waals surface area contributed by atoms with Gasteiger partial charge >= 0.3 is 0 Å². The minimum Gasteiger partial charge on any atom is -0.399 e. The van der Waals surface area contributed by atoms with Crippen molar-refractivity contribution in [1.82, 2.24) is 0 Å². The van der Waals surface area contributed by atoms with Crippen molar-refractivity contribution in [2.75, 3.05) is 17.7 Å². The highest BCUT2D eigenvalue weighted by Crippen LogP contribution is 2.35. The second-order valence-electron chi connectivity index (χ2n) is 4.27. The molecule has 1 heterocycles. The quantitative estimate of drug-likeness (QED) is 0.693. The van der Waals surface area contributed by atoms with Crippen LogP contribution in [0.25, 0.3) is 10.1 Å². The SMILES string of the molecule is CN(c1ccc(N)cc1)c1csc2ccccc12. The minimum absolute atomic E-state index is 0.794. The van der Waals surface area contributed by atoms with E-state index in [1.165, 1.54) is 15.8 Å². The molecule has 2 aromatic carbocycles. The maximum absolute atomic E-state index is 5.72. The molecule has 0 aliphatic rings. The topological polar surface area (TPSA) is 29.3 Å². The van der Waals surface area contributed by atoms with E-state index in [-0.39, 0.29) is 0 Å². The van der Waals surface area contributed by atoms with Crippen molar-refractivity contribution in [2.45, 2.75) is 0 Å². The van der Waals surface area contributed by atoms with E-state index in [9.17, 15) is 0 Å². The Morgan fingerprint density at radius 2 is 1.72 bits per heavy atom. The molecule has 2 N–H and O–H groups in total. The maximum Gasteiger partial charge on any atom is 0.0596 e. The Kier molecular flexibility index (Phi) is 2.68. The van der Waals surface area contributed by atoms with E-state index in [1.807, 2.05) is 24.3 Å². The smallest absolute Gasteiger partial charge is 0.0596 e. The van der Waals surface area contributed by atoms with Crippen molar-refractivity contribution in [3.8, 4) is 0 Å². The van der Waals surface area contributed by atoms with Gasteiger partial charge in [-0.1, -0.05) is 18.2 Å². The molecular formula is C15H14N2S. The predicted octanol–water partition coefficient (Wildman–Crippen LogP) is 4.25. The van der Waals surface area contributed by atoms with E-state index in [1.54, 1.807) is 11.3 Å². The fourth-order valence-corrected chi connectivity index (χ4v) is 3.04. The molecule has 0 aliphatic carbocycles. The Balaban J connectivity index is 2.06. The summed E-state index contributed by atoms with van der Waals surface area (Å²) < 4.78 is 1.31. The summed E-state index contributed by atoms with van der Waals surface area (Å²) >= 11 is 1.77. The zero-order chi connectivity index (χ0) is 12.5. The van der Waals surface area contributed by atoms with Crippen LogP contribution in [0.5, 0.6) is 0 Å². The van der Waals surface area contributed by atoms with Crippen molar-refractivity contribution in [3.63, 3.8) is 0 Å². The highest BCUT2D eigenvalue weighted by molar-refractivity contribution is 7.17. The molecule has 0 saturated heterocycles. The summed E-state index contributed by atoms with van der Waals surface area (Å²) in [7, 11) is 2.08. The van der Waals surface area contributed by atoms with Crippen molar-refractivity contribution in [1.29, 1.82) is 0 Å². The molecule has 0 unspecified atom stereocenters. The Bertz CT molecular complexity index is 670. The van der Waals surface area contributed by atoms with Crippen LogP contribution in [-0.4, -0.2) is 7.05 Å². The van der Waals surface area contributed by atoms with Crippen LogP contribution < -0.4 is 10.6 Å². The molecule has 0 saturated carbocycles. The van der Waals surface area contributed by atoms with Crippen molar-refractivity contribution in [3.05, 3.63) is 53.9 Å². The van der Waals surface area contributed by atoms with Crippen LogP contribution in [-0.2, 0) is 0 Å². The molecule has 0 aliphatic heterocycles. The van der Waals surface area contributed by atoms with E-state index >= 15 is 0 Å². The number of hydrogen-bond donors (Lipinski definition) is 1. The highest BCUT2D eigenvalue weighted by Gasteiger charge is 2.09. The lowest BCUT2D eigenvalue weighted by molar-refractivity contribution is 1.23. The van der Waals surface area contributed by atoms with Crippen LogP contribution in [0.15, 0.2) is 53.9 Å². The van der Waals surface area contributed by atoms with Crippen molar-refractivity contribution in [2.24, 2.45) is 0 Å². The third kappa shape index (κ3) is 1.83. The molecule has 3 heteroatoms. The summed E-state index contributed by atoms with van der Waals surface area (Å²) in [5.74, 6) is 0. The van der Waals surface area contributed by atoms with Gasteiger partial charge in [-0.25, -0.2) is 0 Å². The van der Waals surface area contributed by atoms with E-state index < -0.39 is 0 Å². The molecule has 0 amide bonds. The van der Waals surface area contributed by atoms with Gasteiger partial charge in [0.1, 0.15) is 0 Å². The van der Waals surface area contributed by atoms with Gasteiger partial charge in [0.05, 0.1) is 5.69 Å². The lowest BCUT2D eigenvalue weighted by Crippen LogP contribution is -2.08. The minimum atomic E-state index is 0.794. The second-order valence-corrected chi connectivity index (χ2v) is 5.18. The standard InChI is InChI=1S/C15H14N2S/c1-17(12-8-6-11(16)7-9-12)14-10-18-15-5-3-2-4-13(14)15/h2-10H,16H2,1H3. The summed E-state index contributed by atoms with van der Waals surface area (Å²) in [6.07, 6.45) is 0. The molecule has 18 heavy (non-hydrogen) atoms. The van der Waals surface area contributed by atoms with Gasteiger partial charge in [0.25, 0.3) is 0 Å². The number of nitrogen functional groups attached to an aromatic ring is 1. The lowest BCUT2D eigenvalue weighted by Gasteiger charge is -2.18. The van der Waals surface area contributed by atoms with Crippen LogP contribution in [0, 0.1) is 0 Å². The molecule has 0 atom stereocenters. The first-order valence-corrected chi connectivity index (χ1v) is 6.69. The van der Waals surface area contributed by atoms with Crippen molar-refractivity contribution >= 4 is 38.5 Å². The van der Waals surface area contributed by atoms with Gasteiger partial charge in [-0.3, -0.25) is 0 Å². The average molecular weight is 254 g/mol. The van der Waals surface area contributed by atoms with E-state index in [0.717, 1.165) is 11.4 Å². The lowest BCUT2D eigenvalue weighted by atomic mass is 10.2. The Morgan fingerprint density at radius 1 is 1.00 bits per heavy atom. The first kappa shape index (κ1) is 11.1. The number of fused-ring (bicyclic) bond motifs is 1. The first-order valence-electron chi connectivity index (χ1n) is 5.81. The monoisotopic (exact) mass is 254 g/mol. The first-order chi connectivity index (χ1) is 8.75. The van der Waals surface area contributed by atoms with Crippen LogP contribution in [0.4, 0.5) is 17.1 Å². The van der Waals surface area contributed by atoms with Gasteiger partial charge < -0.3 is 10.6 Å².